The molecule has 0 fully saturated rings. The summed E-state index contributed by atoms with van der Waals surface area (Å²) < 4.78 is 0. The van der Waals surface area contributed by atoms with Gasteiger partial charge < -0.3 is 5.32 Å². The van der Waals surface area contributed by atoms with Crippen LogP contribution in [0.15, 0.2) is 46.3 Å². The molecule has 2 nitrogen and oxygen atoms in total. The van der Waals surface area contributed by atoms with E-state index in [9.17, 15) is 0 Å². The molecule has 0 spiro atoms. The maximum absolute atomic E-state index is 4.42. The maximum atomic E-state index is 4.42. The second kappa shape index (κ2) is 5.75. The average Bonchev–Trinajstić information content (AvgIpc) is 2.78. The molecule has 16 heavy (non-hydrogen) atoms. The second-order valence-corrected chi connectivity index (χ2v) is 4.76. The molecular formula is C13H16N2S. The summed E-state index contributed by atoms with van der Waals surface area (Å²) in [6.07, 6.45) is 3.17. The summed E-state index contributed by atoms with van der Waals surface area (Å²) in [5.41, 5.74) is 1.37. The standard InChI is InChI=1S/C13H16N2S/c1-2-12-10-15-13(16-12)14-9-8-11-6-4-3-5-7-11/h2-7H,8-10H2,1H3,(H,14,15). The summed E-state index contributed by atoms with van der Waals surface area (Å²) in [7, 11) is 0. The SMILES string of the molecule is CC=C1CN=C(NCCc2ccccc2)S1. The van der Waals surface area contributed by atoms with E-state index in [-0.39, 0.29) is 0 Å². The molecule has 0 aromatic heterocycles. The second-order valence-electron chi connectivity index (χ2n) is 3.64. The molecule has 0 radical (unpaired) electrons. The zero-order valence-electron chi connectivity index (χ0n) is 9.44. The Morgan fingerprint density at radius 1 is 1.38 bits per heavy atom. The van der Waals surface area contributed by atoms with Crippen molar-refractivity contribution in [2.24, 2.45) is 4.99 Å². The first-order valence-electron chi connectivity index (χ1n) is 5.54. The molecule has 0 saturated carbocycles. The summed E-state index contributed by atoms with van der Waals surface area (Å²) in [6, 6.07) is 10.5. The van der Waals surface area contributed by atoms with E-state index in [2.05, 4.69) is 47.6 Å². The Hall–Kier alpha value is -1.22. The van der Waals surface area contributed by atoms with E-state index in [0.717, 1.165) is 24.7 Å². The topological polar surface area (TPSA) is 24.4 Å². The first kappa shape index (κ1) is 11.3. The largest absolute Gasteiger partial charge is 0.364 e. The van der Waals surface area contributed by atoms with E-state index >= 15 is 0 Å². The molecule has 1 heterocycles. The number of hydrogen-bond donors (Lipinski definition) is 1. The summed E-state index contributed by atoms with van der Waals surface area (Å²) in [5.74, 6) is 0. The third-order valence-electron chi connectivity index (χ3n) is 2.46. The number of amidine groups is 1. The Bertz CT molecular complexity index is 396. The lowest BCUT2D eigenvalue weighted by Crippen LogP contribution is -2.21. The van der Waals surface area contributed by atoms with Crippen LogP contribution in [-0.4, -0.2) is 18.3 Å². The van der Waals surface area contributed by atoms with Crippen LogP contribution in [-0.2, 0) is 6.42 Å². The molecule has 1 N–H and O–H groups in total. The number of nitrogens with one attached hydrogen (secondary N) is 1. The van der Waals surface area contributed by atoms with Gasteiger partial charge in [-0.3, -0.25) is 4.99 Å². The zero-order valence-corrected chi connectivity index (χ0v) is 10.3. The predicted molar refractivity (Wildman–Crippen MR) is 71.8 cm³/mol. The highest BCUT2D eigenvalue weighted by molar-refractivity contribution is 8.17. The normalized spacial score (nSPS) is 17.6. The van der Waals surface area contributed by atoms with Crippen molar-refractivity contribution in [3.63, 3.8) is 0 Å². The predicted octanol–water partition coefficient (Wildman–Crippen LogP) is 2.83. The van der Waals surface area contributed by atoms with Crippen LogP contribution in [0.2, 0.25) is 0 Å². The fourth-order valence-electron chi connectivity index (χ4n) is 1.54. The Morgan fingerprint density at radius 2 is 2.19 bits per heavy atom. The van der Waals surface area contributed by atoms with Gasteiger partial charge >= 0.3 is 0 Å². The lowest BCUT2D eigenvalue weighted by atomic mass is 10.2. The summed E-state index contributed by atoms with van der Waals surface area (Å²) in [5, 5.41) is 4.43. The van der Waals surface area contributed by atoms with Crippen LogP contribution in [0.5, 0.6) is 0 Å². The summed E-state index contributed by atoms with van der Waals surface area (Å²) in [4.78, 5) is 5.75. The van der Waals surface area contributed by atoms with E-state index in [1.807, 2.05) is 6.07 Å². The van der Waals surface area contributed by atoms with Crippen LogP contribution in [0.3, 0.4) is 0 Å². The van der Waals surface area contributed by atoms with Crippen LogP contribution in [0.4, 0.5) is 0 Å². The van der Waals surface area contributed by atoms with Gasteiger partial charge in [0.2, 0.25) is 0 Å². The van der Waals surface area contributed by atoms with Gasteiger partial charge in [0.1, 0.15) is 0 Å². The van der Waals surface area contributed by atoms with Gasteiger partial charge in [0.15, 0.2) is 5.17 Å². The van der Waals surface area contributed by atoms with Crippen LogP contribution >= 0.6 is 11.8 Å². The molecule has 84 valence electrons. The monoisotopic (exact) mass is 232 g/mol. The van der Waals surface area contributed by atoms with Crippen molar-refractivity contribution >= 4 is 16.9 Å². The van der Waals surface area contributed by atoms with Gasteiger partial charge in [0, 0.05) is 11.4 Å². The zero-order chi connectivity index (χ0) is 11.2. The number of thioether (sulfide) groups is 1. The first-order chi connectivity index (χ1) is 7.88. The highest BCUT2D eigenvalue weighted by Crippen LogP contribution is 2.22. The third-order valence-corrected chi connectivity index (χ3v) is 3.55. The Morgan fingerprint density at radius 3 is 2.88 bits per heavy atom. The quantitative estimate of drug-likeness (QED) is 0.866. The molecule has 0 bridgehead atoms. The molecule has 1 aromatic rings. The minimum atomic E-state index is 0.842. The van der Waals surface area contributed by atoms with Crippen LogP contribution in [0, 0.1) is 0 Å². The maximum Gasteiger partial charge on any atom is 0.161 e. The number of hydrogen-bond acceptors (Lipinski definition) is 3. The molecule has 3 heteroatoms. The lowest BCUT2D eigenvalue weighted by molar-refractivity contribution is 0.873. The summed E-state index contributed by atoms with van der Waals surface area (Å²) >= 11 is 1.75. The van der Waals surface area contributed by atoms with Crippen molar-refractivity contribution in [1.82, 2.24) is 5.32 Å². The molecule has 0 unspecified atom stereocenters. The Kier molecular flexibility index (Phi) is 4.05. The van der Waals surface area contributed by atoms with Gasteiger partial charge in [-0.2, -0.15) is 0 Å². The van der Waals surface area contributed by atoms with Crippen molar-refractivity contribution in [3.05, 3.63) is 46.9 Å². The summed E-state index contributed by atoms with van der Waals surface area (Å²) in [6.45, 7) is 3.85. The molecule has 0 aliphatic carbocycles. The molecule has 1 aliphatic rings. The van der Waals surface area contributed by atoms with E-state index in [4.69, 9.17) is 0 Å². The Labute approximate surface area is 101 Å². The highest BCUT2D eigenvalue weighted by atomic mass is 32.2. The molecule has 0 atom stereocenters. The number of aliphatic imine (C=N–C) groups is 1. The smallest absolute Gasteiger partial charge is 0.161 e. The van der Waals surface area contributed by atoms with Crippen LogP contribution in [0.1, 0.15) is 12.5 Å². The fraction of sp³-hybridized carbons (Fsp3) is 0.308. The van der Waals surface area contributed by atoms with Crippen molar-refractivity contribution in [1.29, 1.82) is 0 Å². The first-order valence-corrected chi connectivity index (χ1v) is 6.35. The Balaban J connectivity index is 1.74. The van der Waals surface area contributed by atoms with Crippen molar-refractivity contribution < 1.29 is 0 Å². The van der Waals surface area contributed by atoms with Crippen molar-refractivity contribution in [3.8, 4) is 0 Å². The van der Waals surface area contributed by atoms with Gasteiger partial charge in [-0.05, 0) is 18.9 Å². The van der Waals surface area contributed by atoms with Crippen LogP contribution in [0.25, 0.3) is 0 Å². The molecular weight excluding hydrogens is 216 g/mol. The number of allylic oxidation sites excluding steroid dienone is 1. The van der Waals surface area contributed by atoms with Crippen molar-refractivity contribution in [2.75, 3.05) is 13.1 Å². The van der Waals surface area contributed by atoms with Gasteiger partial charge in [-0.1, -0.05) is 48.2 Å². The van der Waals surface area contributed by atoms with Gasteiger partial charge in [0.25, 0.3) is 0 Å². The molecule has 1 aliphatic heterocycles. The lowest BCUT2D eigenvalue weighted by Gasteiger charge is -2.04. The average molecular weight is 232 g/mol. The molecule has 2 rings (SSSR count). The minimum absolute atomic E-state index is 0.842. The van der Waals surface area contributed by atoms with E-state index < -0.39 is 0 Å². The van der Waals surface area contributed by atoms with Gasteiger partial charge in [0.05, 0.1) is 6.54 Å². The van der Waals surface area contributed by atoms with E-state index in [0.29, 0.717) is 0 Å². The highest BCUT2D eigenvalue weighted by Gasteiger charge is 2.10. The number of rotatable bonds is 3. The van der Waals surface area contributed by atoms with Crippen LogP contribution < -0.4 is 5.32 Å². The fourth-order valence-corrected chi connectivity index (χ4v) is 2.34. The number of benzene rings is 1. The molecule has 0 saturated heterocycles. The third kappa shape index (κ3) is 3.14. The van der Waals surface area contributed by atoms with E-state index in [1.165, 1.54) is 10.5 Å². The van der Waals surface area contributed by atoms with Gasteiger partial charge in [-0.25, -0.2) is 0 Å². The van der Waals surface area contributed by atoms with Crippen molar-refractivity contribution in [2.45, 2.75) is 13.3 Å². The molecule has 1 aromatic carbocycles. The minimum Gasteiger partial charge on any atom is -0.364 e. The number of nitrogens with zero attached hydrogens (tertiary/aromatic N) is 1. The molecule has 0 amide bonds. The van der Waals surface area contributed by atoms with Gasteiger partial charge in [-0.15, -0.1) is 0 Å². The van der Waals surface area contributed by atoms with E-state index in [1.54, 1.807) is 11.8 Å².